The lowest BCUT2D eigenvalue weighted by Crippen LogP contribution is -2.27. The minimum absolute atomic E-state index is 0.228. The highest BCUT2D eigenvalue weighted by Gasteiger charge is 2.27. The summed E-state index contributed by atoms with van der Waals surface area (Å²) in [6.45, 7) is 11.3. The third-order valence-corrected chi connectivity index (χ3v) is 5.33. The van der Waals surface area contributed by atoms with Crippen molar-refractivity contribution in [3.63, 3.8) is 0 Å². The third-order valence-electron chi connectivity index (χ3n) is 5.33. The molecule has 0 saturated heterocycles. The topological polar surface area (TPSA) is 26.0 Å². The molecule has 0 heterocycles. The van der Waals surface area contributed by atoms with Crippen LogP contribution >= 0.6 is 0 Å². The number of rotatable bonds is 2. The first-order valence-corrected chi connectivity index (χ1v) is 7.74. The molecule has 0 radical (unpaired) electrons. The minimum atomic E-state index is 0.228. The molecule has 0 bridgehead atoms. The Morgan fingerprint density at radius 1 is 0.947 bits per heavy atom. The van der Waals surface area contributed by atoms with Crippen molar-refractivity contribution >= 4 is 0 Å². The van der Waals surface area contributed by atoms with Gasteiger partial charge in [-0.3, -0.25) is 0 Å². The minimum Gasteiger partial charge on any atom is -0.324 e. The van der Waals surface area contributed by atoms with Crippen molar-refractivity contribution < 1.29 is 0 Å². The van der Waals surface area contributed by atoms with Gasteiger partial charge in [-0.15, -0.1) is 0 Å². The molecule has 1 nitrogen and oxygen atoms in total. The summed E-state index contributed by atoms with van der Waals surface area (Å²) in [6.07, 6.45) is 5.30. The van der Waals surface area contributed by atoms with E-state index in [0.717, 1.165) is 5.92 Å². The molecule has 0 spiro atoms. The van der Waals surface area contributed by atoms with E-state index >= 15 is 0 Å². The Bertz CT molecular complexity index is 427. The molecule has 19 heavy (non-hydrogen) atoms. The largest absolute Gasteiger partial charge is 0.324 e. The smallest absolute Gasteiger partial charge is 0.0328 e. The van der Waals surface area contributed by atoms with Gasteiger partial charge in [0.15, 0.2) is 0 Å². The second kappa shape index (κ2) is 5.66. The van der Waals surface area contributed by atoms with Crippen molar-refractivity contribution in [2.24, 2.45) is 17.6 Å². The van der Waals surface area contributed by atoms with Gasteiger partial charge in [0.1, 0.15) is 0 Å². The van der Waals surface area contributed by atoms with Crippen LogP contribution in [-0.4, -0.2) is 0 Å². The number of benzene rings is 1. The normalized spacial score (nSPS) is 25.4. The highest BCUT2D eigenvalue weighted by atomic mass is 14.7. The fourth-order valence-corrected chi connectivity index (χ4v) is 3.63. The molecule has 1 aromatic rings. The van der Waals surface area contributed by atoms with E-state index in [9.17, 15) is 0 Å². The molecule has 1 heteroatoms. The Morgan fingerprint density at radius 3 is 1.89 bits per heavy atom. The maximum absolute atomic E-state index is 6.65. The number of hydrogen-bond donors (Lipinski definition) is 1. The van der Waals surface area contributed by atoms with E-state index in [1.165, 1.54) is 53.5 Å². The molecule has 1 unspecified atom stereocenters. The van der Waals surface area contributed by atoms with Crippen molar-refractivity contribution in [3.05, 3.63) is 33.9 Å². The Morgan fingerprint density at radius 2 is 1.42 bits per heavy atom. The fourth-order valence-electron chi connectivity index (χ4n) is 3.63. The molecule has 0 amide bonds. The van der Waals surface area contributed by atoms with Crippen LogP contribution in [0.2, 0.25) is 0 Å². The van der Waals surface area contributed by atoms with E-state index in [0.29, 0.717) is 5.92 Å². The number of nitrogens with two attached hydrogens (primary N) is 1. The second-order valence-electron chi connectivity index (χ2n) is 6.72. The highest BCUT2D eigenvalue weighted by Crippen LogP contribution is 2.38. The van der Waals surface area contributed by atoms with Crippen molar-refractivity contribution in [3.8, 4) is 0 Å². The van der Waals surface area contributed by atoms with Gasteiger partial charge in [0, 0.05) is 6.04 Å². The van der Waals surface area contributed by atoms with Gasteiger partial charge in [-0.2, -0.15) is 0 Å². The van der Waals surface area contributed by atoms with E-state index in [1.807, 2.05) is 0 Å². The molecule has 1 aromatic carbocycles. The maximum Gasteiger partial charge on any atom is 0.0328 e. The molecule has 1 saturated carbocycles. The van der Waals surface area contributed by atoms with Crippen molar-refractivity contribution in [1.82, 2.24) is 0 Å². The van der Waals surface area contributed by atoms with Crippen LogP contribution in [-0.2, 0) is 0 Å². The van der Waals surface area contributed by atoms with Crippen LogP contribution in [0.3, 0.4) is 0 Å². The van der Waals surface area contributed by atoms with Crippen molar-refractivity contribution in [2.75, 3.05) is 0 Å². The fraction of sp³-hybridized carbons (Fsp3) is 0.667. The lowest BCUT2D eigenvalue weighted by atomic mass is 9.75. The zero-order valence-corrected chi connectivity index (χ0v) is 13.2. The van der Waals surface area contributed by atoms with Crippen LogP contribution in [0, 0.1) is 39.5 Å². The molecule has 1 fully saturated rings. The summed E-state index contributed by atoms with van der Waals surface area (Å²) < 4.78 is 0. The zero-order valence-electron chi connectivity index (χ0n) is 13.2. The molecule has 2 rings (SSSR count). The predicted octanol–water partition coefficient (Wildman–Crippen LogP) is 4.75. The number of hydrogen-bond acceptors (Lipinski definition) is 1. The summed E-state index contributed by atoms with van der Waals surface area (Å²) in [5, 5.41) is 0. The number of aryl methyl sites for hydroxylation is 2. The van der Waals surface area contributed by atoms with E-state index in [1.54, 1.807) is 0 Å². The zero-order chi connectivity index (χ0) is 14.2. The van der Waals surface area contributed by atoms with Crippen LogP contribution in [0.25, 0.3) is 0 Å². The van der Waals surface area contributed by atoms with E-state index in [2.05, 4.69) is 40.7 Å². The lowest BCUT2D eigenvalue weighted by molar-refractivity contribution is 0.255. The van der Waals surface area contributed by atoms with Crippen LogP contribution < -0.4 is 5.73 Å². The van der Waals surface area contributed by atoms with Gasteiger partial charge in [0.25, 0.3) is 0 Å². The Kier molecular flexibility index (Phi) is 4.35. The van der Waals surface area contributed by atoms with Crippen molar-refractivity contribution in [2.45, 2.75) is 66.3 Å². The van der Waals surface area contributed by atoms with Crippen LogP contribution in [0.5, 0.6) is 0 Å². The Balaban J connectivity index is 2.31. The standard InChI is InChI=1S/C18H29N/c1-11-6-8-16(9-7-11)18(19)17-14(4)12(2)10-13(3)15(17)5/h10-11,16,18H,6-9,19H2,1-5H3. The van der Waals surface area contributed by atoms with E-state index in [4.69, 9.17) is 5.73 Å². The van der Waals surface area contributed by atoms with Gasteiger partial charge in [0.2, 0.25) is 0 Å². The lowest BCUT2D eigenvalue weighted by Gasteiger charge is -2.33. The monoisotopic (exact) mass is 259 g/mol. The molecule has 106 valence electrons. The van der Waals surface area contributed by atoms with Crippen molar-refractivity contribution in [1.29, 1.82) is 0 Å². The van der Waals surface area contributed by atoms with Gasteiger partial charge in [0.05, 0.1) is 0 Å². The van der Waals surface area contributed by atoms with Gasteiger partial charge < -0.3 is 5.73 Å². The molecule has 1 aliphatic rings. The molecule has 0 aromatic heterocycles. The van der Waals surface area contributed by atoms with E-state index in [-0.39, 0.29) is 6.04 Å². The first-order valence-electron chi connectivity index (χ1n) is 7.74. The van der Waals surface area contributed by atoms with Gasteiger partial charge in [-0.1, -0.05) is 25.8 Å². The molecule has 0 aliphatic heterocycles. The van der Waals surface area contributed by atoms with Gasteiger partial charge >= 0.3 is 0 Å². The van der Waals surface area contributed by atoms with Gasteiger partial charge in [-0.25, -0.2) is 0 Å². The summed E-state index contributed by atoms with van der Waals surface area (Å²) in [7, 11) is 0. The predicted molar refractivity (Wildman–Crippen MR) is 83.4 cm³/mol. The summed E-state index contributed by atoms with van der Waals surface area (Å²) in [5.41, 5.74) is 13.7. The maximum atomic E-state index is 6.65. The SMILES string of the molecule is Cc1cc(C)c(C)c(C(N)C2CCC(C)CC2)c1C. The van der Waals surface area contributed by atoms with Crippen LogP contribution in [0.1, 0.15) is 66.5 Å². The Hall–Kier alpha value is -0.820. The van der Waals surface area contributed by atoms with E-state index < -0.39 is 0 Å². The molecule has 2 N–H and O–H groups in total. The third kappa shape index (κ3) is 2.86. The average Bonchev–Trinajstić information content (AvgIpc) is 2.37. The first kappa shape index (κ1) is 14.6. The van der Waals surface area contributed by atoms with Crippen LogP contribution in [0.15, 0.2) is 6.07 Å². The van der Waals surface area contributed by atoms with Gasteiger partial charge in [-0.05, 0) is 80.2 Å². The summed E-state index contributed by atoms with van der Waals surface area (Å²) in [5.74, 6) is 1.57. The average molecular weight is 259 g/mol. The Labute approximate surface area is 118 Å². The molecule has 1 atom stereocenters. The molecular weight excluding hydrogens is 230 g/mol. The molecular formula is C18H29N. The summed E-state index contributed by atoms with van der Waals surface area (Å²) >= 11 is 0. The first-order chi connectivity index (χ1) is 8.91. The summed E-state index contributed by atoms with van der Waals surface area (Å²) in [6, 6.07) is 2.52. The quantitative estimate of drug-likeness (QED) is 0.815. The highest BCUT2D eigenvalue weighted by molar-refractivity contribution is 5.45. The molecule has 1 aliphatic carbocycles. The second-order valence-corrected chi connectivity index (χ2v) is 6.72. The van der Waals surface area contributed by atoms with Crippen LogP contribution in [0.4, 0.5) is 0 Å². The summed E-state index contributed by atoms with van der Waals surface area (Å²) in [4.78, 5) is 0.